The zero-order valence-electron chi connectivity index (χ0n) is 10.6. The highest BCUT2D eigenvalue weighted by Crippen LogP contribution is 2.31. The van der Waals surface area contributed by atoms with Crippen molar-refractivity contribution in [2.24, 2.45) is 0 Å². The Morgan fingerprint density at radius 3 is 2.65 bits per heavy atom. The molecule has 17 heavy (non-hydrogen) atoms. The smallest absolute Gasteiger partial charge is 0.175 e. The molecule has 0 atom stereocenters. The van der Waals surface area contributed by atoms with Crippen LogP contribution in [0.5, 0.6) is 0 Å². The number of nitrogen functional groups attached to an aromatic ring is 1. The first-order valence-electron chi connectivity index (χ1n) is 5.95. The Hall–Kier alpha value is -1.77. The van der Waals surface area contributed by atoms with Crippen LogP contribution in [-0.2, 0) is 6.42 Å². The third kappa shape index (κ3) is 2.18. The van der Waals surface area contributed by atoms with Gasteiger partial charge < -0.3 is 10.3 Å². The van der Waals surface area contributed by atoms with E-state index in [1.165, 1.54) is 11.1 Å². The summed E-state index contributed by atoms with van der Waals surface area (Å²) < 4.78 is 5.29. The fraction of sp³-hybridized carbons (Fsp3) is 0.357. The van der Waals surface area contributed by atoms with Gasteiger partial charge in [0, 0.05) is 6.42 Å². The van der Waals surface area contributed by atoms with Gasteiger partial charge in [0.05, 0.1) is 5.56 Å². The average Bonchev–Trinajstić information content (AvgIpc) is 2.65. The normalized spacial score (nSPS) is 10.8. The molecule has 0 aliphatic carbocycles. The van der Waals surface area contributed by atoms with Crippen LogP contribution in [0.15, 0.2) is 22.7 Å². The summed E-state index contributed by atoms with van der Waals surface area (Å²) in [6.07, 6.45) is 1.89. The molecule has 0 amide bonds. The van der Waals surface area contributed by atoms with E-state index >= 15 is 0 Å². The zero-order valence-corrected chi connectivity index (χ0v) is 10.6. The van der Waals surface area contributed by atoms with E-state index in [1.807, 2.05) is 0 Å². The van der Waals surface area contributed by atoms with Crippen molar-refractivity contribution in [3.63, 3.8) is 0 Å². The number of benzene rings is 1. The standard InChI is InChI=1S/C14H18N2O/c1-4-5-12-13(14(15)16-17-12)11-7-6-9(2)10(3)8-11/h6-8H,4-5H2,1-3H3,(H2,15,16). The van der Waals surface area contributed by atoms with E-state index in [0.29, 0.717) is 5.82 Å². The molecule has 90 valence electrons. The Kier molecular flexibility index (Phi) is 3.18. The maximum Gasteiger partial charge on any atom is 0.175 e. The van der Waals surface area contributed by atoms with Gasteiger partial charge >= 0.3 is 0 Å². The van der Waals surface area contributed by atoms with Crippen LogP contribution in [-0.4, -0.2) is 5.16 Å². The molecule has 1 heterocycles. The quantitative estimate of drug-likeness (QED) is 0.878. The molecule has 0 saturated heterocycles. The fourth-order valence-corrected chi connectivity index (χ4v) is 1.94. The lowest BCUT2D eigenvalue weighted by Gasteiger charge is -2.05. The first-order valence-corrected chi connectivity index (χ1v) is 5.95. The topological polar surface area (TPSA) is 52.0 Å². The van der Waals surface area contributed by atoms with E-state index < -0.39 is 0 Å². The number of nitrogens with zero attached hydrogens (tertiary/aromatic N) is 1. The first-order chi connectivity index (χ1) is 8.13. The summed E-state index contributed by atoms with van der Waals surface area (Å²) in [5.74, 6) is 1.37. The van der Waals surface area contributed by atoms with Crippen LogP contribution in [0.1, 0.15) is 30.2 Å². The molecule has 0 saturated carbocycles. The van der Waals surface area contributed by atoms with Gasteiger partial charge in [-0.05, 0) is 37.0 Å². The maximum atomic E-state index is 5.89. The van der Waals surface area contributed by atoms with E-state index in [9.17, 15) is 0 Å². The van der Waals surface area contributed by atoms with Crippen molar-refractivity contribution in [3.8, 4) is 11.1 Å². The van der Waals surface area contributed by atoms with Gasteiger partial charge in [0.1, 0.15) is 5.76 Å². The zero-order chi connectivity index (χ0) is 12.4. The Morgan fingerprint density at radius 2 is 2.00 bits per heavy atom. The summed E-state index contributed by atoms with van der Waals surface area (Å²) in [4.78, 5) is 0. The number of aromatic nitrogens is 1. The van der Waals surface area contributed by atoms with Crippen LogP contribution in [0.4, 0.5) is 5.82 Å². The number of rotatable bonds is 3. The second kappa shape index (κ2) is 4.62. The van der Waals surface area contributed by atoms with Crippen LogP contribution in [0, 0.1) is 13.8 Å². The Bertz CT molecular complexity index is 529. The molecule has 2 rings (SSSR count). The van der Waals surface area contributed by atoms with Gasteiger partial charge in [-0.1, -0.05) is 30.3 Å². The van der Waals surface area contributed by atoms with Crippen LogP contribution < -0.4 is 5.73 Å². The molecule has 3 nitrogen and oxygen atoms in total. The SMILES string of the molecule is CCCc1onc(N)c1-c1ccc(C)c(C)c1. The van der Waals surface area contributed by atoms with Crippen molar-refractivity contribution in [1.29, 1.82) is 0 Å². The summed E-state index contributed by atoms with van der Waals surface area (Å²) in [5, 5.41) is 3.87. The van der Waals surface area contributed by atoms with Crippen molar-refractivity contribution < 1.29 is 4.52 Å². The minimum absolute atomic E-state index is 0.483. The third-order valence-corrected chi connectivity index (χ3v) is 3.06. The van der Waals surface area contributed by atoms with Gasteiger partial charge in [0.25, 0.3) is 0 Å². The minimum atomic E-state index is 0.483. The Morgan fingerprint density at radius 1 is 1.24 bits per heavy atom. The number of hydrogen-bond acceptors (Lipinski definition) is 3. The van der Waals surface area contributed by atoms with Crippen molar-refractivity contribution in [1.82, 2.24) is 5.16 Å². The van der Waals surface area contributed by atoms with E-state index in [2.05, 4.69) is 44.1 Å². The lowest BCUT2D eigenvalue weighted by molar-refractivity contribution is 0.385. The molecular formula is C14H18N2O. The number of hydrogen-bond donors (Lipinski definition) is 1. The van der Waals surface area contributed by atoms with Crippen LogP contribution in [0.25, 0.3) is 11.1 Å². The first kappa shape index (κ1) is 11.7. The molecule has 0 bridgehead atoms. The average molecular weight is 230 g/mol. The fourth-order valence-electron chi connectivity index (χ4n) is 1.94. The Labute approximate surface area is 102 Å². The van der Waals surface area contributed by atoms with Gasteiger partial charge in [-0.2, -0.15) is 0 Å². The molecule has 1 aromatic carbocycles. The second-order valence-corrected chi connectivity index (χ2v) is 4.42. The Balaban J connectivity index is 2.51. The van der Waals surface area contributed by atoms with Gasteiger partial charge in [-0.25, -0.2) is 0 Å². The van der Waals surface area contributed by atoms with E-state index in [0.717, 1.165) is 29.7 Å². The molecule has 0 spiro atoms. The van der Waals surface area contributed by atoms with E-state index in [-0.39, 0.29) is 0 Å². The molecule has 0 aliphatic rings. The molecule has 0 aliphatic heterocycles. The number of anilines is 1. The molecule has 3 heteroatoms. The van der Waals surface area contributed by atoms with Gasteiger partial charge in [-0.3, -0.25) is 0 Å². The van der Waals surface area contributed by atoms with Crippen molar-refractivity contribution in [3.05, 3.63) is 35.1 Å². The van der Waals surface area contributed by atoms with Crippen molar-refractivity contribution >= 4 is 5.82 Å². The predicted molar refractivity (Wildman–Crippen MR) is 69.8 cm³/mol. The van der Waals surface area contributed by atoms with Crippen LogP contribution in [0.3, 0.4) is 0 Å². The van der Waals surface area contributed by atoms with Gasteiger partial charge in [0.15, 0.2) is 5.82 Å². The molecule has 0 unspecified atom stereocenters. The summed E-state index contributed by atoms with van der Waals surface area (Å²) >= 11 is 0. The monoisotopic (exact) mass is 230 g/mol. The number of aryl methyl sites for hydroxylation is 3. The molecule has 2 aromatic rings. The van der Waals surface area contributed by atoms with E-state index in [4.69, 9.17) is 10.3 Å². The summed E-state index contributed by atoms with van der Waals surface area (Å²) in [6, 6.07) is 6.31. The molecule has 1 aromatic heterocycles. The van der Waals surface area contributed by atoms with E-state index in [1.54, 1.807) is 0 Å². The lowest BCUT2D eigenvalue weighted by atomic mass is 9.99. The second-order valence-electron chi connectivity index (χ2n) is 4.42. The highest BCUT2D eigenvalue weighted by atomic mass is 16.5. The largest absolute Gasteiger partial charge is 0.380 e. The summed E-state index contributed by atoms with van der Waals surface area (Å²) in [6.45, 7) is 6.31. The van der Waals surface area contributed by atoms with Crippen molar-refractivity contribution in [2.75, 3.05) is 5.73 Å². The predicted octanol–water partition coefficient (Wildman–Crippen LogP) is 3.49. The van der Waals surface area contributed by atoms with Gasteiger partial charge in [0.2, 0.25) is 0 Å². The summed E-state index contributed by atoms with van der Waals surface area (Å²) in [7, 11) is 0. The minimum Gasteiger partial charge on any atom is -0.380 e. The maximum absolute atomic E-state index is 5.89. The van der Waals surface area contributed by atoms with Crippen LogP contribution in [0.2, 0.25) is 0 Å². The number of nitrogens with two attached hydrogens (primary N) is 1. The van der Waals surface area contributed by atoms with Gasteiger partial charge in [-0.15, -0.1) is 0 Å². The molecular weight excluding hydrogens is 212 g/mol. The molecule has 0 radical (unpaired) electrons. The molecule has 2 N–H and O–H groups in total. The third-order valence-electron chi connectivity index (χ3n) is 3.06. The highest BCUT2D eigenvalue weighted by molar-refractivity contribution is 5.76. The summed E-state index contributed by atoms with van der Waals surface area (Å²) in [5.41, 5.74) is 10.5. The highest BCUT2D eigenvalue weighted by Gasteiger charge is 2.15. The molecule has 0 fully saturated rings. The van der Waals surface area contributed by atoms with Crippen molar-refractivity contribution in [2.45, 2.75) is 33.6 Å². The van der Waals surface area contributed by atoms with Crippen LogP contribution >= 0.6 is 0 Å². The lowest BCUT2D eigenvalue weighted by Crippen LogP contribution is -1.92.